The summed E-state index contributed by atoms with van der Waals surface area (Å²) >= 11 is 0. The highest BCUT2D eigenvalue weighted by Gasteiger charge is 2.25. The number of ether oxygens (including phenoxy) is 2. The number of nitrogens with two attached hydrogens (primary N) is 1. The van der Waals surface area contributed by atoms with Gasteiger partial charge in [-0.05, 0) is 75.8 Å². The van der Waals surface area contributed by atoms with Crippen LogP contribution in [0.5, 0.6) is 11.5 Å². The minimum Gasteiger partial charge on any atom is -0.457 e. The SMILES string of the molecule is C=CNC(=NC1CCCN(C(=O)/C=C/CN(C)C2CCOC2)C1)/C(C(=N)c1ccc(Oc2ccccc2)cc1)=C(\C)N.CCC. The van der Waals surface area contributed by atoms with Crippen LogP contribution in [0.3, 0.4) is 0 Å². The van der Waals surface area contributed by atoms with Crippen LogP contribution in [-0.2, 0) is 9.53 Å². The van der Waals surface area contributed by atoms with Crippen molar-refractivity contribution < 1.29 is 14.3 Å². The van der Waals surface area contributed by atoms with Crippen molar-refractivity contribution in [2.24, 2.45) is 10.7 Å². The zero-order chi connectivity index (χ0) is 32.6. The predicted octanol–water partition coefficient (Wildman–Crippen LogP) is 5.90. The molecule has 0 aliphatic carbocycles. The fourth-order valence-electron chi connectivity index (χ4n) is 5.12. The Morgan fingerprint density at radius 3 is 2.49 bits per heavy atom. The Labute approximate surface area is 269 Å². The van der Waals surface area contributed by atoms with Crippen molar-refractivity contribution in [2.75, 3.05) is 39.9 Å². The summed E-state index contributed by atoms with van der Waals surface area (Å²) in [7, 11) is 2.06. The molecule has 2 aliphatic rings. The quantitative estimate of drug-likeness (QED) is 0.165. The largest absolute Gasteiger partial charge is 0.457 e. The number of carbonyl (C=O) groups is 1. The molecule has 45 heavy (non-hydrogen) atoms. The molecule has 2 atom stereocenters. The van der Waals surface area contributed by atoms with Gasteiger partial charge in [0, 0.05) is 49.6 Å². The number of hydrogen-bond donors (Lipinski definition) is 3. The molecule has 242 valence electrons. The maximum atomic E-state index is 13.0. The lowest BCUT2D eigenvalue weighted by Crippen LogP contribution is -2.42. The van der Waals surface area contributed by atoms with Crippen LogP contribution in [0.1, 0.15) is 52.0 Å². The highest BCUT2D eigenvalue weighted by molar-refractivity contribution is 6.29. The van der Waals surface area contributed by atoms with Gasteiger partial charge in [-0.3, -0.25) is 20.1 Å². The second kappa shape index (κ2) is 18.6. The molecule has 2 saturated heterocycles. The van der Waals surface area contributed by atoms with Gasteiger partial charge in [0.15, 0.2) is 0 Å². The number of aliphatic imine (C=N–C) groups is 1. The van der Waals surface area contributed by atoms with E-state index in [4.69, 9.17) is 25.6 Å². The molecule has 2 aromatic carbocycles. The Morgan fingerprint density at radius 2 is 1.87 bits per heavy atom. The molecule has 2 aromatic rings. The summed E-state index contributed by atoms with van der Waals surface area (Å²) in [5, 5.41) is 12.1. The van der Waals surface area contributed by atoms with E-state index in [2.05, 4.69) is 37.7 Å². The van der Waals surface area contributed by atoms with Crippen molar-refractivity contribution in [2.45, 2.75) is 58.5 Å². The number of likely N-dealkylation sites (tertiary alicyclic amines) is 1. The summed E-state index contributed by atoms with van der Waals surface area (Å²) in [5.74, 6) is 1.87. The third-order valence-corrected chi connectivity index (χ3v) is 7.44. The van der Waals surface area contributed by atoms with Crippen LogP contribution in [0.15, 0.2) is 95.8 Å². The third-order valence-electron chi connectivity index (χ3n) is 7.44. The number of nitrogens with one attached hydrogen (secondary N) is 2. The van der Waals surface area contributed by atoms with Gasteiger partial charge >= 0.3 is 0 Å². The summed E-state index contributed by atoms with van der Waals surface area (Å²) in [4.78, 5) is 22.0. The number of allylic oxidation sites excluding steroid dienone is 1. The van der Waals surface area contributed by atoms with Gasteiger partial charge in [-0.15, -0.1) is 0 Å². The molecule has 0 spiro atoms. The Hall–Kier alpha value is -4.21. The molecule has 1 amide bonds. The molecule has 9 nitrogen and oxygen atoms in total. The molecule has 0 radical (unpaired) electrons. The van der Waals surface area contributed by atoms with E-state index in [-0.39, 0.29) is 17.7 Å². The first-order chi connectivity index (χ1) is 21.8. The second-order valence-corrected chi connectivity index (χ2v) is 11.3. The fraction of sp³-hybridized carbons (Fsp3) is 0.417. The third kappa shape index (κ3) is 11.0. The lowest BCUT2D eigenvalue weighted by atomic mass is 9.99. The van der Waals surface area contributed by atoms with Crippen molar-refractivity contribution in [3.8, 4) is 11.5 Å². The van der Waals surface area contributed by atoms with Crippen LogP contribution < -0.4 is 15.8 Å². The summed E-state index contributed by atoms with van der Waals surface area (Å²) < 4.78 is 11.4. The number of nitrogens with zero attached hydrogens (tertiary/aromatic N) is 3. The van der Waals surface area contributed by atoms with E-state index in [0.717, 1.165) is 38.2 Å². The van der Waals surface area contributed by atoms with Crippen molar-refractivity contribution in [3.05, 3.63) is 96.4 Å². The van der Waals surface area contributed by atoms with Gasteiger partial charge < -0.3 is 25.4 Å². The molecule has 0 bridgehead atoms. The van der Waals surface area contributed by atoms with Gasteiger partial charge in [-0.25, -0.2) is 0 Å². The van der Waals surface area contributed by atoms with Crippen molar-refractivity contribution in [1.82, 2.24) is 15.1 Å². The monoisotopic (exact) mass is 614 g/mol. The molecule has 2 heterocycles. The lowest BCUT2D eigenvalue weighted by Gasteiger charge is -2.31. The van der Waals surface area contributed by atoms with E-state index < -0.39 is 0 Å². The van der Waals surface area contributed by atoms with Crippen molar-refractivity contribution in [3.63, 3.8) is 0 Å². The van der Waals surface area contributed by atoms with E-state index in [1.54, 1.807) is 13.0 Å². The first-order valence-corrected chi connectivity index (χ1v) is 15.8. The standard InChI is InChI=1S/C33H42N6O3.C3H8/c1-4-36-33(31(24(2)34)32(35)25-14-16-29(17-15-25)42-28-11-6-5-7-12-28)37-26-10-8-20-39(22-26)30(40)13-9-19-38(3)27-18-21-41-23-27;1-3-2/h4-7,9,11-17,26-27,35H,1,8,10,18-23,34H2,2-3H3,(H,36,37);3H2,1-2H3/b13-9+,31-24+,35-32?;. The predicted molar refractivity (Wildman–Crippen MR) is 184 cm³/mol. The molecule has 0 aromatic heterocycles. The molecular formula is C36H50N6O3. The van der Waals surface area contributed by atoms with E-state index in [1.807, 2.05) is 65.6 Å². The van der Waals surface area contributed by atoms with Crippen LogP contribution in [-0.4, -0.2) is 79.2 Å². The van der Waals surface area contributed by atoms with Gasteiger partial charge in [-0.1, -0.05) is 51.1 Å². The zero-order valence-electron chi connectivity index (χ0n) is 27.3. The van der Waals surface area contributed by atoms with Crippen LogP contribution in [0.25, 0.3) is 0 Å². The number of amides is 1. The van der Waals surface area contributed by atoms with Crippen molar-refractivity contribution in [1.29, 1.82) is 5.41 Å². The molecular weight excluding hydrogens is 564 g/mol. The smallest absolute Gasteiger partial charge is 0.246 e. The Bertz CT molecular complexity index is 1330. The van der Waals surface area contributed by atoms with Gasteiger partial charge in [0.05, 0.1) is 23.9 Å². The second-order valence-electron chi connectivity index (χ2n) is 11.3. The number of amidine groups is 1. The normalized spacial score (nSPS) is 19.0. The number of carbonyl (C=O) groups excluding carboxylic acids is 1. The van der Waals surface area contributed by atoms with Gasteiger partial charge in [0.2, 0.25) is 5.91 Å². The number of piperidine rings is 1. The Morgan fingerprint density at radius 1 is 1.18 bits per heavy atom. The molecule has 0 saturated carbocycles. The maximum Gasteiger partial charge on any atom is 0.246 e. The van der Waals surface area contributed by atoms with Crippen LogP contribution in [0.4, 0.5) is 0 Å². The summed E-state index contributed by atoms with van der Waals surface area (Å²) in [5.41, 5.74) is 8.18. The topological polar surface area (TPSA) is 116 Å². The minimum absolute atomic E-state index is 0.0134. The molecule has 4 rings (SSSR count). The van der Waals surface area contributed by atoms with Gasteiger partial charge in [0.25, 0.3) is 0 Å². The summed E-state index contributed by atoms with van der Waals surface area (Å²) in [6.07, 6.45) is 9.07. The molecule has 9 heteroatoms. The van der Waals surface area contributed by atoms with Crippen LogP contribution in [0, 0.1) is 5.41 Å². The first kappa shape index (κ1) is 35.3. The minimum atomic E-state index is -0.138. The summed E-state index contributed by atoms with van der Waals surface area (Å²) in [6.45, 7) is 13.2. The Balaban J connectivity index is 0.00000177. The van der Waals surface area contributed by atoms with Crippen molar-refractivity contribution >= 4 is 17.5 Å². The number of benzene rings is 2. The molecule has 2 unspecified atom stereocenters. The lowest BCUT2D eigenvalue weighted by molar-refractivity contribution is -0.127. The molecule has 2 fully saturated rings. The van der Waals surface area contributed by atoms with Gasteiger partial charge in [-0.2, -0.15) is 0 Å². The van der Waals surface area contributed by atoms with Gasteiger partial charge in [0.1, 0.15) is 17.3 Å². The first-order valence-electron chi connectivity index (χ1n) is 15.8. The average Bonchev–Trinajstić information content (AvgIpc) is 3.58. The van der Waals surface area contributed by atoms with E-state index in [9.17, 15) is 4.79 Å². The highest BCUT2D eigenvalue weighted by Crippen LogP contribution is 2.23. The highest BCUT2D eigenvalue weighted by atomic mass is 16.5. The number of para-hydroxylation sites is 1. The molecule has 4 N–H and O–H groups in total. The average molecular weight is 615 g/mol. The van der Waals surface area contributed by atoms with E-state index >= 15 is 0 Å². The van der Waals surface area contributed by atoms with Crippen LogP contribution >= 0.6 is 0 Å². The van der Waals surface area contributed by atoms with Crippen LogP contribution in [0.2, 0.25) is 0 Å². The fourth-order valence-corrected chi connectivity index (χ4v) is 5.12. The maximum absolute atomic E-state index is 13.0. The number of likely N-dealkylation sites (N-methyl/N-ethyl adjacent to an activating group) is 1. The Kier molecular flexibility index (Phi) is 14.6. The zero-order valence-corrected chi connectivity index (χ0v) is 27.3. The molecule has 2 aliphatic heterocycles. The number of hydrogen-bond acceptors (Lipinski definition) is 7. The van der Waals surface area contributed by atoms with E-state index in [1.165, 1.54) is 12.6 Å². The number of rotatable bonds is 11. The summed E-state index contributed by atoms with van der Waals surface area (Å²) in [6, 6.07) is 17.1. The van der Waals surface area contributed by atoms with E-state index in [0.29, 0.717) is 54.1 Å².